The van der Waals surface area contributed by atoms with Crippen molar-refractivity contribution < 1.29 is 4.79 Å². The van der Waals surface area contributed by atoms with Gasteiger partial charge in [0.25, 0.3) is 0 Å². The number of anilines is 1. The fourth-order valence-electron chi connectivity index (χ4n) is 1.44. The highest BCUT2D eigenvalue weighted by Gasteiger charge is 2.07. The molecule has 17 heavy (non-hydrogen) atoms. The highest BCUT2D eigenvalue weighted by molar-refractivity contribution is 6.36. The second kappa shape index (κ2) is 5.25. The van der Waals surface area contributed by atoms with Crippen LogP contribution >= 0.6 is 23.2 Å². The number of halogens is 2. The number of hydrogen-bond donors (Lipinski definition) is 2. The molecule has 0 bridgehead atoms. The topological polar surface area (TPSA) is 44.9 Å². The molecule has 1 heterocycles. The van der Waals surface area contributed by atoms with Gasteiger partial charge in [0.05, 0.1) is 17.1 Å². The zero-order valence-corrected chi connectivity index (χ0v) is 10.3. The average molecular weight is 269 g/mol. The van der Waals surface area contributed by atoms with Gasteiger partial charge in [0, 0.05) is 17.4 Å². The van der Waals surface area contributed by atoms with Crippen molar-refractivity contribution in [3.63, 3.8) is 0 Å². The van der Waals surface area contributed by atoms with Crippen LogP contribution < -0.4 is 5.32 Å². The van der Waals surface area contributed by atoms with E-state index in [4.69, 9.17) is 23.2 Å². The molecule has 5 heteroatoms. The molecule has 0 fully saturated rings. The lowest BCUT2D eigenvalue weighted by Gasteiger charge is -2.06. The van der Waals surface area contributed by atoms with Gasteiger partial charge in [-0.15, -0.1) is 0 Å². The minimum atomic E-state index is -0.117. The first-order valence-corrected chi connectivity index (χ1v) is 5.77. The van der Waals surface area contributed by atoms with Crippen molar-refractivity contribution in [2.75, 3.05) is 5.32 Å². The van der Waals surface area contributed by atoms with Crippen LogP contribution in [0.15, 0.2) is 36.7 Å². The lowest BCUT2D eigenvalue weighted by Crippen LogP contribution is -2.14. The molecule has 0 atom stereocenters. The Morgan fingerprint density at radius 2 is 2.12 bits per heavy atom. The van der Waals surface area contributed by atoms with Crippen LogP contribution in [-0.2, 0) is 11.2 Å². The molecule has 0 spiro atoms. The molecule has 0 saturated heterocycles. The van der Waals surface area contributed by atoms with Crippen molar-refractivity contribution in [3.8, 4) is 0 Å². The van der Waals surface area contributed by atoms with Gasteiger partial charge in [-0.3, -0.25) is 4.79 Å². The molecular formula is C12H10Cl2N2O. The number of amides is 1. The Labute approximate surface area is 109 Å². The van der Waals surface area contributed by atoms with Crippen molar-refractivity contribution >= 4 is 34.8 Å². The molecular weight excluding hydrogens is 259 g/mol. The van der Waals surface area contributed by atoms with Gasteiger partial charge in [-0.1, -0.05) is 23.2 Å². The number of benzene rings is 1. The summed E-state index contributed by atoms with van der Waals surface area (Å²) >= 11 is 11.7. The largest absolute Gasteiger partial charge is 0.367 e. The molecule has 2 aromatic rings. The summed E-state index contributed by atoms with van der Waals surface area (Å²) in [5, 5.41) is 3.70. The van der Waals surface area contributed by atoms with Crippen LogP contribution in [0.1, 0.15) is 5.56 Å². The Balaban J connectivity index is 2.03. The lowest BCUT2D eigenvalue weighted by molar-refractivity contribution is -0.115. The number of rotatable bonds is 3. The van der Waals surface area contributed by atoms with E-state index in [9.17, 15) is 4.79 Å². The monoisotopic (exact) mass is 268 g/mol. The van der Waals surface area contributed by atoms with Crippen molar-refractivity contribution in [1.29, 1.82) is 0 Å². The van der Waals surface area contributed by atoms with Gasteiger partial charge >= 0.3 is 0 Å². The maximum absolute atomic E-state index is 11.7. The fraction of sp³-hybridized carbons (Fsp3) is 0.0833. The molecule has 1 aromatic heterocycles. The van der Waals surface area contributed by atoms with E-state index in [2.05, 4.69) is 10.3 Å². The molecule has 1 aromatic carbocycles. The average Bonchev–Trinajstić information content (AvgIpc) is 2.75. The Morgan fingerprint density at radius 3 is 2.76 bits per heavy atom. The number of carbonyl (C=O) groups excluding carboxylic acids is 1. The van der Waals surface area contributed by atoms with Crippen LogP contribution in [0.4, 0.5) is 5.69 Å². The molecule has 2 rings (SSSR count). The van der Waals surface area contributed by atoms with E-state index in [-0.39, 0.29) is 5.91 Å². The predicted octanol–water partition coefficient (Wildman–Crippen LogP) is 3.50. The van der Waals surface area contributed by atoms with E-state index >= 15 is 0 Å². The van der Waals surface area contributed by atoms with E-state index < -0.39 is 0 Å². The summed E-state index contributed by atoms with van der Waals surface area (Å²) in [6, 6.07) is 6.80. The summed E-state index contributed by atoms with van der Waals surface area (Å²) in [4.78, 5) is 14.6. The summed E-state index contributed by atoms with van der Waals surface area (Å²) in [5.74, 6) is -0.117. The maximum atomic E-state index is 11.7. The first-order valence-electron chi connectivity index (χ1n) is 5.02. The highest BCUT2D eigenvalue weighted by atomic mass is 35.5. The van der Waals surface area contributed by atoms with E-state index in [1.807, 2.05) is 6.07 Å². The zero-order chi connectivity index (χ0) is 12.3. The highest BCUT2D eigenvalue weighted by Crippen LogP contribution is 2.25. The first-order chi connectivity index (χ1) is 8.15. The number of nitrogens with one attached hydrogen (secondary N) is 2. The third-order valence-corrected chi connectivity index (χ3v) is 2.78. The van der Waals surface area contributed by atoms with Crippen molar-refractivity contribution in [1.82, 2.24) is 4.98 Å². The van der Waals surface area contributed by atoms with Crippen LogP contribution in [0, 0.1) is 0 Å². The van der Waals surface area contributed by atoms with Gasteiger partial charge < -0.3 is 10.3 Å². The number of aromatic amines is 1. The van der Waals surface area contributed by atoms with Gasteiger partial charge in [0.15, 0.2) is 0 Å². The predicted molar refractivity (Wildman–Crippen MR) is 69.6 cm³/mol. The Bertz CT molecular complexity index is 523. The second-order valence-corrected chi connectivity index (χ2v) is 4.41. The van der Waals surface area contributed by atoms with Crippen LogP contribution in [-0.4, -0.2) is 10.9 Å². The maximum Gasteiger partial charge on any atom is 0.228 e. The summed E-state index contributed by atoms with van der Waals surface area (Å²) in [6.07, 6.45) is 3.86. The van der Waals surface area contributed by atoms with Crippen LogP contribution in [0.2, 0.25) is 10.0 Å². The number of H-pyrrole nitrogens is 1. The number of carbonyl (C=O) groups is 1. The van der Waals surface area contributed by atoms with E-state index in [0.717, 1.165) is 5.56 Å². The lowest BCUT2D eigenvalue weighted by atomic mass is 10.2. The fourth-order valence-corrected chi connectivity index (χ4v) is 1.89. The smallest absolute Gasteiger partial charge is 0.228 e. The molecule has 0 saturated carbocycles. The molecule has 0 radical (unpaired) electrons. The molecule has 3 nitrogen and oxygen atoms in total. The summed E-state index contributed by atoms with van der Waals surface area (Å²) in [7, 11) is 0. The standard InChI is InChI=1S/C12H10Cl2N2O/c13-9-1-2-11(10(14)6-9)16-12(17)5-8-3-4-15-7-8/h1-4,6-7,15H,5H2,(H,16,17). The Hall–Kier alpha value is -1.45. The second-order valence-electron chi connectivity index (χ2n) is 3.57. The summed E-state index contributed by atoms with van der Waals surface area (Å²) in [5.41, 5.74) is 1.49. The first kappa shape index (κ1) is 12.0. The van der Waals surface area contributed by atoms with Gasteiger partial charge in [-0.25, -0.2) is 0 Å². The quantitative estimate of drug-likeness (QED) is 0.880. The molecule has 2 N–H and O–H groups in total. The van der Waals surface area contributed by atoms with E-state index in [1.165, 1.54) is 0 Å². The summed E-state index contributed by atoms with van der Waals surface area (Å²) < 4.78 is 0. The number of hydrogen-bond acceptors (Lipinski definition) is 1. The van der Waals surface area contributed by atoms with Crippen molar-refractivity contribution in [3.05, 3.63) is 52.3 Å². The summed E-state index contributed by atoms with van der Waals surface area (Å²) in [6.45, 7) is 0. The van der Waals surface area contributed by atoms with Gasteiger partial charge in [-0.05, 0) is 29.8 Å². The molecule has 0 aliphatic carbocycles. The minimum absolute atomic E-state index is 0.117. The molecule has 0 unspecified atom stereocenters. The Morgan fingerprint density at radius 1 is 1.29 bits per heavy atom. The Kier molecular flexibility index (Phi) is 3.71. The zero-order valence-electron chi connectivity index (χ0n) is 8.84. The number of aromatic nitrogens is 1. The van der Waals surface area contributed by atoms with E-state index in [0.29, 0.717) is 22.2 Å². The van der Waals surface area contributed by atoms with E-state index in [1.54, 1.807) is 30.6 Å². The van der Waals surface area contributed by atoms with Crippen LogP contribution in [0.25, 0.3) is 0 Å². The van der Waals surface area contributed by atoms with Crippen molar-refractivity contribution in [2.24, 2.45) is 0 Å². The molecule has 0 aliphatic heterocycles. The van der Waals surface area contributed by atoms with Gasteiger partial charge in [0.1, 0.15) is 0 Å². The third-order valence-electron chi connectivity index (χ3n) is 2.23. The van der Waals surface area contributed by atoms with Gasteiger partial charge in [-0.2, -0.15) is 0 Å². The van der Waals surface area contributed by atoms with Gasteiger partial charge in [0.2, 0.25) is 5.91 Å². The molecule has 0 aliphatic rings. The SMILES string of the molecule is O=C(Cc1cc[nH]c1)Nc1ccc(Cl)cc1Cl. The molecule has 1 amide bonds. The van der Waals surface area contributed by atoms with Crippen LogP contribution in [0.3, 0.4) is 0 Å². The van der Waals surface area contributed by atoms with Crippen molar-refractivity contribution in [2.45, 2.75) is 6.42 Å². The van der Waals surface area contributed by atoms with Crippen LogP contribution in [0.5, 0.6) is 0 Å². The minimum Gasteiger partial charge on any atom is -0.367 e. The molecule has 88 valence electrons. The third kappa shape index (κ3) is 3.25. The normalized spacial score (nSPS) is 10.2.